The van der Waals surface area contributed by atoms with Crippen LogP contribution in [0.3, 0.4) is 0 Å². The number of aryl methyl sites for hydroxylation is 2. The smallest absolute Gasteiger partial charge is 0.0885 e. The van der Waals surface area contributed by atoms with Gasteiger partial charge in [-0.05, 0) is 43.2 Å². The average Bonchev–Trinajstić information content (AvgIpc) is 2.91. The van der Waals surface area contributed by atoms with Crippen molar-refractivity contribution in [3.8, 4) is 5.69 Å². The predicted octanol–water partition coefficient (Wildman–Crippen LogP) is 3.13. The van der Waals surface area contributed by atoms with Crippen LogP contribution in [-0.2, 0) is 12.8 Å². The van der Waals surface area contributed by atoms with Gasteiger partial charge in [0.25, 0.3) is 0 Å². The third-order valence-electron chi connectivity index (χ3n) is 3.59. The molecule has 102 valence electrons. The first-order chi connectivity index (χ1) is 9.74. The predicted molar refractivity (Wildman–Crippen MR) is 82.0 cm³/mol. The molecule has 0 radical (unpaired) electrons. The van der Waals surface area contributed by atoms with E-state index in [0.717, 1.165) is 40.8 Å². The van der Waals surface area contributed by atoms with Crippen LogP contribution in [0.4, 0.5) is 5.69 Å². The highest BCUT2D eigenvalue weighted by molar-refractivity contribution is 5.94. The van der Waals surface area contributed by atoms with Gasteiger partial charge in [-0.2, -0.15) is 5.10 Å². The molecule has 0 aliphatic rings. The van der Waals surface area contributed by atoms with Crippen molar-refractivity contribution in [1.29, 1.82) is 0 Å². The summed E-state index contributed by atoms with van der Waals surface area (Å²) < 4.78 is 1.96. The molecule has 4 nitrogen and oxygen atoms in total. The minimum absolute atomic E-state index is 0.732. The Kier molecular flexibility index (Phi) is 3.14. The number of nitrogens with zero attached hydrogens (tertiary/aromatic N) is 3. The first-order valence-electron chi connectivity index (χ1n) is 6.96. The molecule has 0 aliphatic carbocycles. The van der Waals surface area contributed by atoms with Crippen LogP contribution in [0.1, 0.15) is 25.2 Å². The molecule has 20 heavy (non-hydrogen) atoms. The molecule has 0 saturated carbocycles. The Morgan fingerprint density at radius 1 is 1.15 bits per heavy atom. The van der Waals surface area contributed by atoms with E-state index in [1.54, 1.807) is 6.20 Å². The molecule has 0 saturated heterocycles. The van der Waals surface area contributed by atoms with Gasteiger partial charge in [0.1, 0.15) is 0 Å². The van der Waals surface area contributed by atoms with Gasteiger partial charge < -0.3 is 5.73 Å². The molecular formula is C16H18N4. The number of aromatic nitrogens is 3. The number of nitrogens with two attached hydrogens (primary N) is 1. The van der Waals surface area contributed by atoms with E-state index < -0.39 is 0 Å². The fourth-order valence-electron chi connectivity index (χ4n) is 2.46. The standard InChI is InChI=1S/C16H18N4/c1-3-11-10-12(4-2)20(19-11)15-8-7-14-13(16(15)17)6-5-9-18-14/h5-10H,3-4,17H2,1-2H3. The van der Waals surface area contributed by atoms with Crippen LogP contribution < -0.4 is 5.73 Å². The van der Waals surface area contributed by atoms with E-state index in [2.05, 4.69) is 30.0 Å². The zero-order valence-electron chi connectivity index (χ0n) is 11.8. The maximum absolute atomic E-state index is 6.32. The number of hydrogen-bond acceptors (Lipinski definition) is 3. The van der Waals surface area contributed by atoms with Gasteiger partial charge in [0.2, 0.25) is 0 Å². The highest BCUT2D eigenvalue weighted by Crippen LogP contribution is 2.27. The summed E-state index contributed by atoms with van der Waals surface area (Å²) in [7, 11) is 0. The molecule has 0 atom stereocenters. The van der Waals surface area contributed by atoms with Gasteiger partial charge >= 0.3 is 0 Å². The Labute approximate surface area is 118 Å². The first-order valence-corrected chi connectivity index (χ1v) is 6.96. The van der Waals surface area contributed by atoms with Crippen molar-refractivity contribution in [3.05, 3.63) is 47.9 Å². The number of anilines is 1. The molecule has 2 N–H and O–H groups in total. The summed E-state index contributed by atoms with van der Waals surface area (Å²) in [6.45, 7) is 4.24. The fourth-order valence-corrected chi connectivity index (χ4v) is 2.46. The molecule has 0 unspecified atom stereocenters. The second-order valence-electron chi connectivity index (χ2n) is 4.81. The summed E-state index contributed by atoms with van der Waals surface area (Å²) in [6, 6.07) is 10.0. The summed E-state index contributed by atoms with van der Waals surface area (Å²) in [4.78, 5) is 4.33. The molecule has 3 rings (SSSR count). The molecule has 0 amide bonds. The van der Waals surface area contributed by atoms with Crippen molar-refractivity contribution in [2.45, 2.75) is 26.7 Å². The van der Waals surface area contributed by atoms with E-state index in [-0.39, 0.29) is 0 Å². The van der Waals surface area contributed by atoms with Gasteiger partial charge in [-0.3, -0.25) is 4.98 Å². The summed E-state index contributed by atoms with van der Waals surface area (Å²) in [6.07, 6.45) is 3.63. The molecule has 2 heterocycles. The minimum atomic E-state index is 0.732. The van der Waals surface area contributed by atoms with Gasteiger partial charge in [0.15, 0.2) is 0 Å². The highest BCUT2D eigenvalue weighted by Gasteiger charge is 2.12. The average molecular weight is 266 g/mol. The zero-order valence-corrected chi connectivity index (χ0v) is 11.8. The van der Waals surface area contributed by atoms with E-state index in [4.69, 9.17) is 5.73 Å². The normalized spacial score (nSPS) is 11.1. The summed E-state index contributed by atoms with van der Waals surface area (Å²) in [5, 5.41) is 5.63. The highest BCUT2D eigenvalue weighted by atomic mass is 15.3. The van der Waals surface area contributed by atoms with E-state index >= 15 is 0 Å². The van der Waals surface area contributed by atoms with Gasteiger partial charge in [0, 0.05) is 17.3 Å². The molecule has 4 heteroatoms. The van der Waals surface area contributed by atoms with E-state index in [1.165, 1.54) is 5.69 Å². The molecule has 0 spiro atoms. The zero-order chi connectivity index (χ0) is 14.1. The topological polar surface area (TPSA) is 56.7 Å². The first kappa shape index (κ1) is 12.7. The number of benzene rings is 1. The number of fused-ring (bicyclic) bond motifs is 1. The lowest BCUT2D eigenvalue weighted by Gasteiger charge is -2.11. The summed E-state index contributed by atoms with van der Waals surface area (Å²) in [5.74, 6) is 0. The summed E-state index contributed by atoms with van der Waals surface area (Å²) in [5.41, 5.74) is 11.2. The van der Waals surface area contributed by atoms with Crippen molar-refractivity contribution >= 4 is 16.6 Å². The number of hydrogen-bond donors (Lipinski definition) is 1. The number of rotatable bonds is 3. The number of nitrogen functional groups attached to an aromatic ring is 1. The fraction of sp³-hybridized carbons (Fsp3) is 0.250. The van der Waals surface area contributed by atoms with Gasteiger partial charge in [-0.25, -0.2) is 4.68 Å². The quantitative estimate of drug-likeness (QED) is 0.741. The Morgan fingerprint density at radius 2 is 2.00 bits per heavy atom. The monoisotopic (exact) mass is 266 g/mol. The van der Waals surface area contributed by atoms with E-state index in [9.17, 15) is 0 Å². The van der Waals surface area contributed by atoms with Crippen molar-refractivity contribution in [2.75, 3.05) is 5.73 Å². The van der Waals surface area contributed by atoms with Crippen LogP contribution in [0.25, 0.3) is 16.6 Å². The summed E-state index contributed by atoms with van der Waals surface area (Å²) >= 11 is 0. The molecule has 2 aromatic heterocycles. The lowest BCUT2D eigenvalue weighted by atomic mass is 10.1. The SMILES string of the molecule is CCc1cc(CC)n(-c2ccc3ncccc3c2N)n1. The third-order valence-corrected chi connectivity index (χ3v) is 3.59. The maximum Gasteiger partial charge on any atom is 0.0885 e. The minimum Gasteiger partial charge on any atom is -0.396 e. The molecule has 0 fully saturated rings. The maximum atomic E-state index is 6.32. The van der Waals surface area contributed by atoms with Gasteiger partial charge in [-0.15, -0.1) is 0 Å². The van der Waals surface area contributed by atoms with Gasteiger partial charge in [-0.1, -0.05) is 13.8 Å². The van der Waals surface area contributed by atoms with Crippen LogP contribution >= 0.6 is 0 Å². The Balaban J connectivity index is 2.24. The van der Waals surface area contributed by atoms with E-state index in [0.29, 0.717) is 0 Å². The third kappa shape index (κ3) is 1.93. The van der Waals surface area contributed by atoms with Crippen molar-refractivity contribution < 1.29 is 0 Å². The van der Waals surface area contributed by atoms with Crippen molar-refractivity contribution in [1.82, 2.24) is 14.8 Å². The molecule has 1 aromatic carbocycles. The largest absolute Gasteiger partial charge is 0.396 e. The molecule has 0 bridgehead atoms. The van der Waals surface area contributed by atoms with Crippen LogP contribution in [0.15, 0.2) is 36.5 Å². The Morgan fingerprint density at radius 3 is 2.75 bits per heavy atom. The lowest BCUT2D eigenvalue weighted by Crippen LogP contribution is -2.05. The molecular weight excluding hydrogens is 248 g/mol. The molecule has 0 aliphatic heterocycles. The Bertz CT molecular complexity index is 758. The van der Waals surface area contributed by atoms with Crippen molar-refractivity contribution in [2.24, 2.45) is 0 Å². The second-order valence-corrected chi connectivity index (χ2v) is 4.81. The van der Waals surface area contributed by atoms with Crippen molar-refractivity contribution in [3.63, 3.8) is 0 Å². The van der Waals surface area contributed by atoms with Crippen LogP contribution in [0.2, 0.25) is 0 Å². The van der Waals surface area contributed by atoms with Crippen LogP contribution in [-0.4, -0.2) is 14.8 Å². The second kappa shape index (κ2) is 4.96. The van der Waals surface area contributed by atoms with Gasteiger partial charge in [0.05, 0.1) is 22.6 Å². The van der Waals surface area contributed by atoms with Crippen LogP contribution in [0.5, 0.6) is 0 Å². The van der Waals surface area contributed by atoms with Crippen LogP contribution in [0, 0.1) is 0 Å². The molecule has 3 aromatic rings. The lowest BCUT2D eigenvalue weighted by molar-refractivity contribution is 0.796. The number of pyridine rings is 1. The Hall–Kier alpha value is -2.36. The van der Waals surface area contributed by atoms with E-state index in [1.807, 2.05) is 28.9 Å².